The molecule has 1 aromatic heterocycles. The molecule has 0 atom stereocenters. The quantitative estimate of drug-likeness (QED) is 0.270. The van der Waals surface area contributed by atoms with Crippen LogP contribution < -0.4 is 0 Å². The van der Waals surface area contributed by atoms with E-state index in [1.807, 2.05) is 30.5 Å². The third-order valence-corrected chi connectivity index (χ3v) is 6.07. The Hall–Kier alpha value is -3.07. The van der Waals surface area contributed by atoms with Crippen LogP contribution >= 0.6 is 0 Å². The Bertz CT molecular complexity index is 1160. The van der Waals surface area contributed by atoms with Crippen molar-refractivity contribution in [2.24, 2.45) is 0 Å². The zero-order valence-electron chi connectivity index (χ0n) is 18.6. The Morgan fingerprint density at radius 1 is 0.688 bits per heavy atom. The smallest absolute Gasteiger partial charge is 0.134 e. The summed E-state index contributed by atoms with van der Waals surface area (Å²) in [6, 6.07) is 20.6. The molecule has 0 aliphatic heterocycles. The Kier molecular flexibility index (Phi) is 7.26. The van der Waals surface area contributed by atoms with Gasteiger partial charge in [-0.2, -0.15) is 0 Å². The first kappa shape index (κ1) is 22.1. The molecule has 0 unspecified atom stereocenters. The third-order valence-electron chi connectivity index (χ3n) is 6.07. The van der Waals surface area contributed by atoms with Crippen molar-refractivity contribution >= 4 is 10.8 Å². The molecule has 1 heterocycles. The van der Waals surface area contributed by atoms with E-state index < -0.39 is 0 Å². The van der Waals surface area contributed by atoms with Crippen molar-refractivity contribution in [1.29, 1.82) is 0 Å². The molecule has 0 saturated heterocycles. The van der Waals surface area contributed by atoms with Gasteiger partial charge in [-0.15, -0.1) is 0 Å². The Morgan fingerprint density at radius 2 is 1.44 bits per heavy atom. The van der Waals surface area contributed by atoms with E-state index in [0.29, 0.717) is 23.8 Å². The van der Waals surface area contributed by atoms with Crippen molar-refractivity contribution in [2.45, 2.75) is 51.9 Å². The summed E-state index contributed by atoms with van der Waals surface area (Å²) in [5.74, 6) is -0.401. The monoisotopic (exact) mass is 429 g/mol. The molecule has 3 aromatic carbocycles. The van der Waals surface area contributed by atoms with Crippen LogP contribution in [0.5, 0.6) is 0 Å². The number of halogens is 2. The van der Waals surface area contributed by atoms with Gasteiger partial charge in [-0.25, -0.2) is 8.78 Å². The molecule has 164 valence electrons. The van der Waals surface area contributed by atoms with Crippen LogP contribution in [0, 0.1) is 11.6 Å². The zero-order chi connectivity index (χ0) is 22.3. The average Bonchev–Trinajstić information content (AvgIpc) is 2.82. The second-order valence-electron chi connectivity index (χ2n) is 8.48. The fraction of sp³-hybridized carbons (Fsp3) is 0.276. The molecule has 4 rings (SSSR count). The second-order valence-corrected chi connectivity index (χ2v) is 8.48. The summed E-state index contributed by atoms with van der Waals surface area (Å²) in [5.41, 5.74) is 5.28. The van der Waals surface area contributed by atoms with Crippen LogP contribution in [0.15, 0.2) is 72.9 Å². The first-order valence-corrected chi connectivity index (χ1v) is 11.5. The average molecular weight is 430 g/mol. The molecule has 32 heavy (non-hydrogen) atoms. The van der Waals surface area contributed by atoms with Crippen molar-refractivity contribution in [3.63, 3.8) is 0 Å². The molecule has 0 radical (unpaired) electrons. The van der Waals surface area contributed by atoms with Crippen LogP contribution in [0.25, 0.3) is 10.8 Å². The van der Waals surface area contributed by atoms with Gasteiger partial charge in [-0.05, 0) is 84.4 Å². The minimum Gasteiger partial charge on any atom is -0.261 e. The van der Waals surface area contributed by atoms with Crippen LogP contribution in [0.3, 0.4) is 0 Å². The summed E-state index contributed by atoms with van der Waals surface area (Å²) in [6.07, 6.45) is 8.51. The lowest BCUT2D eigenvalue weighted by Gasteiger charge is -2.09. The van der Waals surface area contributed by atoms with E-state index in [0.717, 1.165) is 35.9 Å². The predicted octanol–water partition coefficient (Wildman–Crippen LogP) is 7.43. The molecule has 4 aromatic rings. The summed E-state index contributed by atoms with van der Waals surface area (Å²) in [5, 5.41) is 1.58. The van der Waals surface area contributed by atoms with Crippen LogP contribution in [0.1, 0.15) is 47.7 Å². The van der Waals surface area contributed by atoms with E-state index in [-0.39, 0.29) is 11.6 Å². The molecule has 1 nitrogen and oxygen atoms in total. The molecule has 0 saturated carbocycles. The van der Waals surface area contributed by atoms with Gasteiger partial charge in [0, 0.05) is 17.3 Å². The molecule has 0 bridgehead atoms. The number of benzene rings is 3. The SMILES string of the molecule is CCCCc1ccc(CCc2ccc3c(F)c(CCc4ccc(F)cc4)ccc3c2)nc1. The maximum atomic E-state index is 15.1. The van der Waals surface area contributed by atoms with Gasteiger partial charge in [0.2, 0.25) is 0 Å². The molecular weight excluding hydrogens is 400 g/mol. The highest BCUT2D eigenvalue weighted by atomic mass is 19.1. The number of hydrogen-bond donors (Lipinski definition) is 0. The summed E-state index contributed by atoms with van der Waals surface area (Å²) >= 11 is 0. The highest BCUT2D eigenvalue weighted by Crippen LogP contribution is 2.24. The Balaban J connectivity index is 1.40. The van der Waals surface area contributed by atoms with E-state index in [1.165, 1.54) is 36.1 Å². The van der Waals surface area contributed by atoms with E-state index in [9.17, 15) is 4.39 Å². The van der Waals surface area contributed by atoms with Crippen molar-refractivity contribution in [2.75, 3.05) is 0 Å². The fourth-order valence-corrected chi connectivity index (χ4v) is 4.07. The van der Waals surface area contributed by atoms with Crippen molar-refractivity contribution in [1.82, 2.24) is 4.98 Å². The van der Waals surface area contributed by atoms with Gasteiger partial charge < -0.3 is 0 Å². The predicted molar refractivity (Wildman–Crippen MR) is 128 cm³/mol. The molecule has 3 heteroatoms. The number of nitrogens with zero attached hydrogens (tertiary/aromatic N) is 1. The molecule has 0 fully saturated rings. The number of hydrogen-bond acceptors (Lipinski definition) is 1. The highest BCUT2D eigenvalue weighted by Gasteiger charge is 2.09. The second kappa shape index (κ2) is 10.5. The number of fused-ring (bicyclic) bond motifs is 1. The fourth-order valence-electron chi connectivity index (χ4n) is 4.07. The largest absolute Gasteiger partial charge is 0.261 e. The van der Waals surface area contributed by atoms with Crippen LogP contribution in [-0.2, 0) is 32.1 Å². The Morgan fingerprint density at radius 3 is 2.19 bits per heavy atom. The third kappa shape index (κ3) is 5.59. The number of pyridine rings is 1. The van der Waals surface area contributed by atoms with E-state index in [2.05, 4.69) is 30.1 Å². The van der Waals surface area contributed by atoms with Crippen LogP contribution in [0.2, 0.25) is 0 Å². The molecule has 0 aliphatic carbocycles. The molecule has 0 N–H and O–H groups in total. The first-order chi connectivity index (χ1) is 15.6. The van der Waals surface area contributed by atoms with Crippen LogP contribution in [-0.4, -0.2) is 4.98 Å². The van der Waals surface area contributed by atoms with Crippen molar-refractivity contribution < 1.29 is 8.78 Å². The normalized spacial score (nSPS) is 11.2. The highest BCUT2D eigenvalue weighted by molar-refractivity contribution is 5.84. The first-order valence-electron chi connectivity index (χ1n) is 11.5. The Labute approximate surface area is 189 Å². The molecule has 0 aliphatic rings. The van der Waals surface area contributed by atoms with Gasteiger partial charge in [0.25, 0.3) is 0 Å². The molecule has 0 spiro atoms. The maximum Gasteiger partial charge on any atom is 0.134 e. The number of unbranched alkanes of at least 4 members (excludes halogenated alkanes) is 1. The zero-order valence-corrected chi connectivity index (χ0v) is 18.6. The van der Waals surface area contributed by atoms with Gasteiger partial charge in [0.05, 0.1) is 0 Å². The van der Waals surface area contributed by atoms with Crippen LogP contribution in [0.4, 0.5) is 8.78 Å². The summed E-state index contributed by atoms with van der Waals surface area (Å²) in [4.78, 5) is 4.60. The molecule has 0 amide bonds. The summed E-state index contributed by atoms with van der Waals surface area (Å²) in [7, 11) is 0. The van der Waals surface area contributed by atoms with E-state index >= 15 is 4.39 Å². The maximum absolute atomic E-state index is 15.1. The standard InChI is InChI=1S/C29H29F2N/c1-2-3-4-23-9-17-27(32-20-23)16-8-22-10-18-28-25(19-22)13-12-24(29(28)31)11-5-21-6-14-26(30)15-7-21/h6-7,9-10,12-15,17-20H,2-5,8,11,16H2,1H3. The van der Waals surface area contributed by atoms with Gasteiger partial charge >= 0.3 is 0 Å². The van der Waals surface area contributed by atoms with Crippen molar-refractivity contribution in [3.05, 3.63) is 113 Å². The van der Waals surface area contributed by atoms with E-state index in [4.69, 9.17) is 0 Å². The summed E-state index contributed by atoms with van der Waals surface area (Å²) < 4.78 is 28.1. The van der Waals surface area contributed by atoms with Gasteiger partial charge in [0.1, 0.15) is 11.6 Å². The topological polar surface area (TPSA) is 12.9 Å². The lowest BCUT2D eigenvalue weighted by Crippen LogP contribution is -1.98. The van der Waals surface area contributed by atoms with Gasteiger partial charge in [0.15, 0.2) is 0 Å². The number of aromatic nitrogens is 1. The van der Waals surface area contributed by atoms with Gasteiger partial charge in [-0.3, -0.25) is 4.98 Å². The van der Waals surface area contributed by atoms with Gasteiger partial charge in [-0.1, -0.05) is 61.9 Å². The minimum atomic E-state index is -0.249. The lowest BCUT2D eigenvalue weighted by molar-refractivity contribution is 0.619. The van der Waals surface area contributed by atoms with Crippen molar-refractivity contribution in [3.8, 4) is 0 Å². The van der Waals surface area contributed by atoms with E-state index in [1.54, 1.807) is 12.1 Å². The summed E-state index contributed by atoms with van der Waals surface area (Å²) in [6.45, 7) is 2.20. The number of aryl methyl sites for hydroxylation is 5. The number of rotatable bonds is 9. The lowest BCUT2D eigenvalue weighted by atomic mass is 9.98. The molecular formula is C29H29F2N. The minimum absolute atomic E-state index is 0.152.